The summed E-state index contributed by atoms with van der Waals surface area (Å²) in [5.74, 6) is 0. The van der Waals surface area contributed by atoms with E-state index < -0.39 is 11.4 Å². The van der Waals surface area contributed by atoms with Crippen molar-refractivity contribution in [3.05, 3.63) is 0 Å². The Morgan fingerprint density at radius 1 is 1.71 bits per heavy atom. The highest BCUT2D eigenvalue weighted by Gasteiger charge is 2.36. The number of thiol groups is 1. The van der Waals surface area contributed by atoms with Gasteiger partial charge in [-0.2, -0.15) is 0 Å². The first-order valence-corrected chi connectivity index (χ1v) is 6.30. The molecule has 1 fully saturated rings. The Morgan fingerprint density at radius 2 is 2.43 bits per heavy atom. The van der Waals surface area contributed by atoms with Crippen LogP contribution < -0.4 is 0 Å². The largest absolute Gasteiger partial charge is 0.449 e. The van der Waals surface area contributed by atoms with Gasteiger partial charge in [-0.25, -0.2) is 9.10 Å². The molecule has 1 heterocycles. The Labute approximate surface area is 92.9 Å². The van der Waals surface area contributed by atoms with Gasteiger partial charge in [-0.05, 0) is 26.2 Å². The lowest BCUT2D eigenvalue weighted by Crippen LogP contribution is -2.51. The van der Waals surface area contributed by atoms with Crippen molar-refractivity contribution in [2.45, 2.75) is 31.5 Å². The maximum absolute atomic E-state index is 11.4. The van der Waals surface area contributed by atoms with Crippen molar-refractivity contribution in [1.82, 2.24) is 4.31 Å². The van der Waals surface area contributed by atoms with Crippen LogP contribution in [-0.4, -0.2) is 39.2 Å². The number of hydrogen-bond acceptors (Lipinski definition) is 4. The van der Waals surface area contributed by atoms with E-state index >= 15 is 0 Å². The molecular formula is C8H17NO3SSi. The van der Waals surface area contributed by atoms with Gasteiger partial charge in [-0.1, -0.05) is 12.8 Å². The van der Waals surface area contributed by atoms with E-state index in [0.717, 1.165) is 29.5 Å². The fourth-order valence-corrected chi connectivity index (χ4v) is 2.42. The molecule has 1 amide bonds. The third-order valence-corrected chi connectivity index (χ3v) is 4.54. The van der Waals surface area contributed by atoms with E-state index in [0.29, 0.717) is 13.2 Å². The van der Waals surface area contributed by atoms with Crippen molar-refractivity contribution in [3.8, 4) is 0 Å². The molecule has 1 atom stereocenters. The first-order valence-electron chi connectivity index (χ1n) is 4.90. The number of carbonyl (C=O) groups is 1. The zero-order valence-electron chi connectivity index (χ0n) is 8.65. The van der Waals surface area contributed by atoms with Crippen LogP contribution in [0.4, 0.5) is 4.79 Å². The Balaban J connectivity index is 2.56. The molecular weight excluding hydrogens is 218 g/mol. The summed E-state index contributed by atoms with van der Waals surface area (Å²) >= 11 is 4.16. The minimum Gasteiger partial charge on any atom is -0.449 e. The standard InChI is InChI=1S/C8H17NO3SSi/c1-2-11-7(10)9(13)8(14)5-3-4-6-12-8/h13H,2-6H2,1,14H3. The predicted molar refractivity (Wildman–Crippen MR) is 60.3 cm³/mol. The van der Waals surface area contributed by atoms with Crippen LogP contribution in [-0.2, 0) is 9.47 Å². The summed E-state index contributed by atoms with van der Waals surface area (Å²) in [4.78, 5) is 11.4. The van der Waals surface area contributed by atoms with E-state index in [1.807, 2.05) is 0 Å². The Bertz CT molecular complexity index is 209. The molecule has 14 heavy (non-hydrogen) atoms. The van der Waals surface area contributed by atoms with Crippen molar-refractivity contribution in [1.29, 1.82) is 0 Å². The van der Waals surface area contributed by atoms with Crippen molar-refractivity contribution in [2.24, 2.45) is 0 Å². The average Bonchev–Trinajstić information content (AvgIpc) is 2.18. The van der Waals surface area contributed by atoms with E-state index in [-0.39, 0.29) is 0 Å². The molecule has 0 aromatic heterocycles. The topological polar surface area (TPSA) is 38.8 Å². The van der Waals surface area contributed by atoms with Gasteiger partial charge < -0.3 is 9.47 Å². The van der Waals surface area contributed by atoms with E-state index in [1.54, 1.807) is 6.92 Å². The number of ether oxygens (including phenoxy) is 2. The fraction of sp³-hybridized carbons (Fsp3) is 0.875. The molecule has 6 heteroatoms. The number of hydrogen-bond donors (Lipinski definition) is 1. The molecule has 1 aliphatic heterocycles. The highest BCUT2D eigenvalue weighted by Crippen LogP contribution is 2.27. The van der Waals surface area contributed by atoms with Gasteiger partial charge in [0.05, 0.1) is 16.8 Å². The van der Waals surface area contributed by atoms with Gasteiger partial charge in [-0.15, -0.1) is 0 Å². The molecule has 4 nitrogen and oxygen atoms in total. The summed E-state index contributed by atoms with van der Waals surface area (Å²) in [6.45, 7) is 2.86. The lowest BCUT2D eigenvalue weighted by atomic mass is 10.2. The highest BCUT2D eigenvalue weighted by molar-refractivity contribution is 7.78. The summed E-state index contributed by atoms with van der Waals surface area (Å²) in [5.41, 5.74) is 0. The summed E-state index contributed by atoms with van der Waals surface area (Å²) in [7, 11) is 0.745. The number of rotatable bonds is 2. The van der Waals surface area contributed by atoms with Crippen molar-refractivity contribution < 1.29 is 14.3 Å². The second-order valence-corrected chi connectivity index (χ2v) is 5.45. The second-order valence-electron chi connectivity index (χ2n) is 3.49. The monoisotopic (exact) mass is 235 g/mol. The van der Waals surface area contributed by atoms with Crippen LogP contribution in [0.3, 0.4) is 0 Å². The third-order valence-electron chi connectivity index (χ3n) is 2.34. The molecule has 1 rings (SSSR count). The minimum absolute atomic E-state index is 0.369. The molecule has 1 aliphatic rings. The quantitative estimate of drug-likeness (QED) is 0.560. The average molecular weight is 235 g/mol. The first-order chi connectivity index (χ1) is 6.60. The molecule has 0 aromatic carbocycles. The minimum atomic E-state index is -0.479. The van der Waals surface area contributed by atoms with Gasteiger partial charge in [0.15, 0.2) is 0 Å². The SMILES string of the molecule is CCOC(=O)N(S)C1([SiH3])CCCCO1. The molecule has 0 radical (unpaired) electrons. The Kier molecular flexibility index (Phi) is 4.27. The molecule has 0 N–H and O–H groups in total. The summed E-state index contributed by atoms with van der Waals surface area (Å²) in [6, 6.07) is 0. The van der Waals surface area contributed by atoms with Crippen LogP contribution in [0.5, 0.6) is 0 Å². The molecule has 0 aromatic rings. The van der Waals surface area contributed by atoms with Crippen molar-refractivity contribution in [2.75, 3.05) is 13.2 Å². The molecule has 0 spiro atoms. The Morgan fingerprint density at radius 3 is 2.93 bits per heavy atom. The number of carbonyl (C=O) groups excluding carboxylic acids is 1. The Hall–Kier alpha value is -0.203. The normalized spacial score (nSPS) is 27.3. The van der Waals surface area contributed by atoms with Gasteiger partial charge in [-0.3, -0.25) is 0 Å². The lowest BCUT2D eigenvalue weighted by molar-refractivity contribution is -0.0750. The van der Waals surface area contributed by atoms with Crippen LogP contribution in [0, 0.1) is 0 Å². The van der Waals surface area contributed by atoms with Crippen LogP contribution in [0.1, 0.15) is 26.2 Å². The number of nitrogens with zero attached hydrogens (tertiary/aromatic N) is 1. The van der Waals surface area contributed by atoms with Gasteiger partial charge in [0.1, 0.15) is 5.35 Å². The zero-order valence-corrected chi connectivity index (χ0v) is 11.5. The lowest BCUT2D eigenvalue weighted by Gasteiger charge is -2.39. The second kappa shape index (κ2) is 5.04. The van der Waals surface area contributed by atoms with Crippen molar-refractivity contribution in [3.63, 3.8) is 0 Å². The molecule has 0 aliphatic carbocycles. The van der Waals surface area contributed by atoms with E-state index in [2.05, 4.69) is 12.8 Å². The molecule has 1 saturated heterocycles. The van der Waals surface area contributed by atoms with Gasteiger partial charge in [0.25, 0.3) is 0 Å². The van der Waals surface area contributed by atoms with Crippen LogP contribution in [0.2, 0.25) is 0 Å². The van der Waals surface area contributed by atoms with Crippen LogP contribution >= 0.6 is 12.8 Å². The van der Waals surface area contributed by atoms with E-state index in [1.165, 1.54) is 4.31 Å². The van der Waals surface area contributed by atoms with Gasteiger partial charge in [0, 0.05) is 6.61 Å². The summed E-state index contributed by atoms with van der Waals surface area (Å²) in [6.07, 6.45) is 2.60. The zero-order chi connectivity index (χ0) is 10.6. The predicted octanol–water partition coefficient (Wildman–Crippen LogP) is 0.509. The summed E-state index contributed by atoms with van der Waals surface area (Å²) in [5, 5.41) is -0.479. The summed E-state index contributed by atoms with van der Waals surface area (Å²) < 4.78 is 11.8. The van der Waals surface area contributed by atoms with Gasteiger partial charge >= 0.3 is 6.09 Å². The molecule has 0 bridgehead atoms. The fourth-order valence-electron chi connectivity index (χ4n) is 1.46. The molecule has 0 saturated carbocycles. The smallest absolute Gasteiger partial charge is 0.421 e. The third kappa shape index (κ3) is 2.65. The maximum atomic E-state index is 11.4. The molecule has 1 unspecified atom stereocenters. The van der Waals surface area contributed by atoms with E-state index in [9.17, 15) is 4.79 Å². The molecule has 82 valence electrons. The van der Waals surface area contributed by atoms with Crippen LogP contribution in [0.15, 0.2) is 0 Å². The van der Waals surface area contributed by atoms with E-state index in [4.69, 9.17) is 9.47 Å². The first kappa shape index (κ1) is 11.9. The van der Waals surface area contributed by atoms with Crippen molar-refractivity contribution >= 4 is 29.2 Å². The number of amides is 1. The van der Waals surface area contributed by atoms with Crippen LogP contribution in [0.25, 0.3) is 0 Å². The maximum Gasteiger partial charge on any atom is 0.421 e. The highest BCUT2D eigenvalue weighted by atomic mass is 32.1. The van der Waals surface area contributed by atoms with Gasteiger partial charge in [0.2, 0.25) is 0 Å².